The van der Waals surface area contributed by atoms with Crippen LogP contribution in [0.4, 0.5) is 0 Å². The van der Waals surface area contributed by atoms with Gasteiger partial charge in [0.1, 0.15) is 25.4 Å². The Morgan fingerprint density at radius 3 is 1.60 bits per heavy atom. The van der Waals surface area contributed by atoms with E-state index in [1.807, 2.05) is 13.8 Å². The van der Waals surface area contributed by atoms with Gasteiger partial charge in [0.2, 0.25) is 0 Å². The van der Waals surface area contributed by atoms with Gasteiger partial charge in [-0.05, 0) is 12.8 Å². The molecule has 0 amide bonds. The Kier molecular flexibility index (Phi) is 5.37. The summed E-state index contributed by atoms with van der Waals surface area (Å²) in [5.41, 5.74) is 0. The SMILES string of the molecule is CC(CCC(C)C(=O)OCC1CO1)C(=O)OCC1CO1. The van der Waals surface area contributed by atoms with Crippen LogP contribution in [0.15, 0.2) is 0 Å². The summed E-state index contributed by atoms with van der Waals surface area (Å²) < 4.78 is 20.2. The molecule has 2 heterocycles. The summed E-state index contributed by atoms with van der Waals surface area (Å²) >= 11 is 0. The van der Waals surface area contributed by atoms with Gasteiger partial charge < -0.3 is 18.9 Å². The maximum absolute atomic E-state index is 11.7. The highest BCUT2D eigenvalue weighted by Gasteiger charge is 2.27. The molecule has 4 unspecified atom stereocenters. The predicted octanol–water partition coefficient (Wildman–Crippen LogP) is 0.923. The van der Waals surface area contributed by atoms with E-state index >= 15 is 0 Å². The zero-order valence-corrected chi connectivity index (χ0v) is 12.0. The van der Waals surface area contributed by atoms with Gasteiger partial charge in [0.25, 0.3) is 0 Å². The van der Waals surface area contributed by atoms with Crippen molar-refractivity contribution in [3.63, 3.8) is 0 Å². The molecular weight excluding hydrogens is 264 g/mol. The molecule has 0 aromatic carbocycles. The minimum Gasteiger partial charge on any atom is -0.463 e. The summed E-state index contributed by atoms with van der Waals surface area (Å²) in [5, 5.41) is 0. The summed E-state index contributed by atoms with van der Waals surface area (Å²) in [4.78, 5) is 23.3. The number of carbonyl (C=O) groups excluding carboxylic acids is 2. The maximum Gasteiger partial charge on any atom is 0.308 e. The van der Waals surface area contributed by atoms with Gasteiger partial charge in [-0.3, -0.25) is 9.59 Å². The summed E-state index contributed by atoms with van der Waals surface area (Å²) in [5.74, 6) is -0.883. The number of hydrogen-bond donors (Lipinski definition) is 0. The smallest absolute Gasteiger partial charge is 0.308 e. The lowest BCUT2D eigenvalue weighted by Crippen LogP contribution is -2.21. The molecule has 0 bridgehead atoms. The molecule has 2 saturated heterocycles. The highest BCUT2D eigenvalue weighted by atomic mass is 16.6. The molecule has 0 spiro atoms. The minimum atomic E-state index is -0.229. The number of epoxide rings is 2. The van der Waals surface area contributed by atoms with Crippen LogP contribution in [0.25, 0.3) is 0 Å². The van der Waals surface area contributed by atoms with Crippen molar-refractivity contribution in [1.82, 2.24) is 0 Å². The van der Waals surface area contributed by atoms with E-state index in [-0.39, 0.29) is 36.0 Å². The van der Waals surface area contributed by atoms with Crippen molar-refractivity contribution in [3.05, 3.63) is 0 Å². The van der Waals surface area contributed by atoms with E-state index in [1.54, 1.807) is 0 Å². The molecule has 20 heavy (non-hydrogen) atoms. The van der Waals surface area contributed by atoms with Gasteiger partial charge in [-0.25, -0.2) is 0 Å². The summed E-state index contributed by atoms with van der Waals surface area (Å²) in [6, 6.07) is 0. The third kappa shape index (κ3) is 5.46. The van der Waals surface area contributed by atoms with Gasteiger partial charge in [-0.15, -0.1) is 0 Å². The molecule has 2 fully saturated rings. The Morgan fingerprint density at radius 2 is 1.30 bits per heavy atom. The van der Waals surface area contributed by atoms with E-state index in [1.165, 1.54) is 0 Å². The number of ether oxygens (including phenoxy) is 4. The maximum atomic E-state index is 11.7. The Bertz CT molecular complexity index is 314. The van der Waals surface area contributed by atoms with Crippen LogP contribution in [0.3, 0.4) is 0 Å². The van der Waals surface area contributed by atoms with E-state index in [9.17, 15) is 9.59 Å². The van der Waals surface area contributed by atoms with Crippen molar-refractivity contribution in [2.24, 2.45) is 11.8 Å². The van der Waals surface area contributed by atoms with E-state index in [0.29, 0.717) is 39.3 Å². The minimum absolute atomic E-state index is 0.0877. The van der Waals surface area contributed by atoms with Crippen LogP contribution < -0.4 is 0 Å². The first-order valence-electron chi connectivity index (χ1n) is 7.12. The first kappa shape index (κ1) is 15.3. The Labute approximate surface area is 118 Å². The van der Waals surface area contributed by atoms with Crippen molar-refractivity contribution < 1.29 is 28.5 Å². The van der Waals surface area contributed by atoms with Crippen molar-refractivity contribution >= 4 is 11.9 Å². The lowest BCUT2D eigenvalue weighted by molar-refractivity contribution is -0.151. The summed E-state index contributed by atoms with van der Waals surface area (Å²) in [6.07, 6.45) is 1.40. The second-order valence-electron chi connectivity index (χ2n) is 5.55. The van der Waals surface area contributed by atoms with Gasteiger partial charge in [0, 0.05) is 0 Å². The number of hydrogen-bond acceptors (Lipinski definition) is 6. The average Bonchev–Trinajstić information content (AvgIpc) is 3.32. The fourth-order valence-electron chi connectivity index (χ4n) is 1.70. The average molecular weight is 286 g/mol. The Hall–Kier alpha value is -1.14. The predicted molar refractivity (Wildman–Crippen MR) is 69.0 cm³/mol. The largest absolute Gasteiger partial charge is 0.463 e. The Balaban J connectivity index is 1.56. The number of rotatable bonds is 9. The third-order valence-electron chi connectivity index (χ3n) is 3.47. The van der Waals surface area contributed by atoms with Crippen molar-refractivity contribution in [1.29, 1.82) is 0 Å². The van der Waals surface area contributed by atoms with E-state index < -0.39 is 0 Å². The molecule has 0 radical (unpaired) electrons. The van der Waals surface area contributed by atoms with E-state index in [2.05, 4.69) is 0 Å². The third-order valence-corrected chi connectivity index (χ3v) is 3.47. The van der Waals surface area contributed by atoms with Crippen LogP contribution in [0.2, 0.25) is 0 Å². The molecule has 0 aliphatic carbocycles. The molecule has 0 aromatic heterocycles. The second-order valence-corrected chi connectivity index (χ2v) is 5.55. The van der Waals surface area contributed by atoms with Crippen LogP contribution >= 0.6 is 0 Å². The molecular formula is C14H22O6. The summed E-state index contributed by atoms with van der Waals surface area (Å²) in [6.45, 7) is 5.65. The quantitative estimate of drug-likeness (QED) is 0.463. The standard InChI is InChI=1S/C14H22O6/c1-9(13(15)19-7-11-5-17-11)3-4-10(2)14(16)20-8-12-6-18-12/h9-12H,3-8H2,1-2H3. The lowest BCUT2D eigenvalue weighted by atomic mass is 9.98. The van der Waals surface area contributed by atoms with Crippen molar-refractivity contribution in [2.75, 3.05) is 26.4 Å². The molecule has 0 N–H and O–H groups in total. The zero-order valence-electron chi connectivity index (χ0n) is 12.0. The zero-order chi connectivity index (χ0) is 14.5. The van der Waals surface area contributed by atoms with E-state index in [4.69, 9.17) is 18.9 Å². The van der Waals surface area contributed by atoms with Gasteiger partial charge in [0.05, 0.1) is 25.0 Å². The molecule has 0 aromatic rings. The van der Waals surface area contributed by atoms with Crippen LogP contribution in [-0.2, 0) is 28.5 Å². The number of esters is 2. The Morgan fingerprint density at radius 1 is 0.950 bits per heavy atom. The van der Waals surface area contributed by atoms with Gasteiger partial charge >= 0.3 is 11.9 Å². The topological polar surface area (TPSA) is 77.7 Å². The second kappa shape index (κ2) is 7.04. The molecule has 2 aliphatic rings. The first-order chi connectivity index (χ1) is 9.56. The normalized spacial score (nSPS) is 26.5. The highest BCUT2D eigenvalue weighted by Crippen LogP contribution is 2.17. The molecule has 0 saturated carbocycles. The molecule has 4 atom stereocenters. The molecule has 2 rings (SSSR count). The monoisotopic (exact) mass is 286 g/mol. The fourth-order valence-corrected chi connectivity index (χ4v) is 1.70. The molecule has 6 nitrogen and oxygen atoms in total. The fraction of sp³-hybridized carbons (Fsp3) is 0.857. The van der Waals surface area contributed by atoms with Gasteiger partial charge in [0.15, 0.2) is 0 Å². The number of carbonyl (C=O) groups is 2. The van der Waals surface area contributed by atoms with Crippen LogP contribution in [-0.4, -0.2) is 50.6 Å². The van der Waals surface area contributed by atoms with E-state index in [0.717, 1.165) is 0 Å². The van der Waals surface area contributed by atoms with Gasteiger partial charge in [-0.1, -0.05) is 13.8 Å². The first-order valence-corrected chi connectivity index (χ1v) is 7.12. The van der Waals surface area contributed by atoms with Gasteiger partial charge in [-0.2, -0.15) is 0 Å². The van der Waals surface area contributed by atoms with Crippen LogP contribution in [0.1, 0.15) is 26.7 Å². The van der Waals surface area contributed by atoms with Crippen molar-refractivity contribution in [3.8, 4) is 0 Å². The molecule has 2 aliphatic heterocycles. The van der Waals surface area contributed by atoms with Crippen LogP contribution in [0.5, 0.6) is 0 Å². The molecule has 114 valence electrons. The van der Waals surface area contributed by atoms with Crippen molar-refractivity contribution in [2.45, 2.75) is 38.9 Å². The summed E-state index contributed by atoms with van der Waals surface area (Å²) in [7, 11) is 0. The van der Waals surface area contributed by atoms with Crippen LogP contribution in [0, 0.1) is 11.8 Å². The molecule has 6 heteroatoms. The highest BCUT2D eigenvalue weighted by molar-refractivity contribution is 5.73. The lowest BCUT2D eigenvalue weighted by Gasteiger charge is -2.14.